The molecule has 0 saturated heterocycles. The molecule has 1 amide bonds. The molecular weight excluding hydrogens is 467 g/mol. The second kappa shape index (κ2) is 11.8. The number of halogens is 2. The molecule has 0 unspecified atom stereocenters. The number of benzene rings is 1. The standard InChI is InChI=1S/C18H23ClN4O2.HI/c1-3-20-18(23(2)13-14-6-4-7-15(19)12-14)22-10-9-21-17(24)16-8-5-11-25-16;/h4-8,11-12H,3,9-10,13H2,1-2H3,(H,20,22)(H,21,24);1H. The van der Waals surface area contributed by atoms with Gasteiger partial charge in [0.05, 0.1) is 12.8 Å². The number of carbonyl (C=O) groups is 1. The number of furan rings is 1. The Hall–Kier alpha value is -1.74. The van der Waals surface area contributed by atoms with E-state index in [1.807, 2.05) is 43.1 Å². The van der Waals surface area contributed by atoms with Crippen LogP contribution in [0.1, 0.15) is 23.0 Å². The summed E-state index contributed by atoms with van der Waals surface area (Å²) in [7, 11) is 1.96. The number of hydrogen-bond donors (Lipinski definition) is 2. The van der Waals surface area contributed by atoms with Gasteiger partial charge >= 0.3 is 0 Å². The molecule has 8 heteroatoms. The Morgan fingerprint density at radius 3 is 2.73 bits per heavy atom. The van der Waals surface area contributed by atoms with Gasteiger partial charge in [0.25, 0.3) is 5.91 Å². The number of nitrogens with one attached hydrogen (secondary N) is 2. The van der Waals surface area contributed by atoms with Crippen LogP contribution in [0.5, 0.6) is 0 Å². The second-order valence-corrected chi connectivity index (χ2v) is 5.89. The summed E-state index contributed by atoms with van der Waals surface area (Å²) in [6, 6.07) is 11.1. The van der Waals surface area contributed by atoms with E-state index in [1.54, 1.807) is 12.1 Å². The Morgan fingerprint density at radius 1 is 1.27 bits per heavy atom. The third-order valence-electron chi connectivity index (χ3n) is 3.41. The van der Waals surface area contributed by atoms with Gasteiger partial charge in [0.2, 0.25) is 0 Å². The Morgan fingerprint density at radius 2 is 2.08 bits per heavy atom. The highest BCUT2D eigenvalue weighted by molar-refractivity contribution is 14.0. The lowest BCUT2D eigenvalue weighted by molar-refractivity contribution is 0.0927. The summed E-state index contributed by atoms with van der Waals surface area (Å²) in [5.74, 6) is 0.834. The normalized spacial score (nSPS) is 10.8. The molecule has 2 N–H and O–H groups in total. The highest BCUT2D eigenvalue weighted by Crippen LogP contribution is 2.12. The monoisotopic (exact) mass is 490 g/mol. The van der Waals surface area contributed by atoms with Gasteiger partial charge in [-0.1, -0.05) is 23.7 Å². The zero-order valence-corrected chi connectivity index (χ0v) is 18.0. The van der Waals surface area contributed by atoms with E-state index < -0.39 is 0 Å². The molecule has 142 valence electrons. The van der Waals surface area contributed by atoms with E-state index in [1.165, 1.54) is 6.26 Å². The molecule has 0 aliphatic rings. The quantitative estimate of drug-likeness (QED) is 0.270. The molecule has 0 fully saturated rings. The van der Waals surface area contributed by atoms with Crippen LogP contribution in [0.25, 0.3) is 0 Å². The largest absolute Gasteiger partial charge is 0.459 e. The summed E-state index contributed by atoms with van der Waals surface area (Å²) in [6.45, 7) is 4.36. The Bertz CT molecular complexity index is 707. The molecule has 2 aromatic rings. The van der Waals surface area contributed by atoms with Crippen molar-refractivity contribution in [3.8, 4) is 0 Å². The van der Waals surface area contributed by atoms with Gasteiger partial charge in [-0.2, -0.15) is 0 Å². The molecule has 6 nitrogen and oxygen atoms in total. The zero-order chi connectivity index (χ0) is 18.1. The first-order chi connectivity index (χ1) is 12.1. The minimum Gasteiger partial charge on any atom is -0.459 e. The fourth-order valence-corrected chi connectivity index (χ4v) is 2.49. The lowest BCUT2D eigenvalue weighted by Gasteiger charge is -2.22. The van der Waals surface area contributed by atoms with Crippen molar-refractivity contribution in [1.29, 1.82) is 0 Å². The van der Waals surface area contributed by atoms with Crippen molar-refractivity contribution in [2.75, 3.05) is 26.7 Å². The van der Waals surface area contributed by atoms with Crippen LogP contribution in [0, 0.1) is 0 Å². The number of guanidine groups is 1. The molecule has 0 aliphatic carbocycles. The molecule has 1 aromatic heterocycles. The first-order valence-corrected chi connectivity index (χ1v) is 8.53. The van der Waals surface area contributed by atoms with Gasteiger partial charge in [0.1, 0.15) is 0 Å². The highest BCUT2D eigenvalue weighted by atomic mass is 127. The van der Waals surface area contributed by atoms with Crippen LogP contribution in [0.15, 0.2) is 52.1 Å². The van der Waals surface area contributed by atoms with Crippen LogP contribution >= 0.6 is 35.6 Å². The predicted octanol–water partition coefficient (Wildman–Crippen LogP) is 3.38. The van der Waals surface area contributed by atoms with Crippen LogP contribution in [0.4, 0.5) is 0 Å². The van der Waals surface area contributed by atoms with Crippen molar-refractivity contribution >= 4 is 47.4 Å². The molecule has 0 aliphatic heterocycles. The van der Waals surface area contributed by atoms with E-state index in [4.69, 9.17) is 16.0 Å². The number of nitrogens with zero attached hydrogens (tertiary/aromatic N) is 2. The van der Waals surface area contributed by atoms with E-state index >= 15 is 0 Å². The van der Waals surface area contributed by atoms with Crippen LogP contribution in [-0.2, 0) is 6.54 Å². The van der Waals surface area contributed by atoms with Crippen LogP contribution in [0.3, 0.4) is 0 Å². The zero-order valence-electron chi connectivity index (χ0n) is 14.9. The summed E-state index contributed by atoms with van der Waals surface area (Å²) in [6.07, 6.45) is 1.47. The molecule has 1 heterocycles. The Kier molecular flexibility index (Phi) is 10.1. The minimum absolute atomic E-state index is 0. The minimum atomic E-state index is -0.238. The average Bonchev–Trinajstić information content (AvgIpc) is 3.12. The number of amides is 1. The maximum absolute atomic E-state index is 11.8. The van der Waals surface area contributed by atoms with Crippen molar-refractivity contribution in [3.63, 3.8) is 0 Å². The Labute approximate surface area is 176 Å². The highest BCUT2D eigenvalue weighted by Gasteiger charge is 2.08. The molecule has 0 saturated carbocycles. The van der Waals surface area contributed by atoms with Gasteiger partial charge in [-0.05, 0) is 36.8 Å². The fourth-order valence-electron chi connectivity index (χ4n) is 2.28. The summed E-state index contributed by atoms with van der Waals surface area (Å²) in [5.41, 5.74) is 1.10. The van der Waals surface area contributed by atoms with E-state index in [2.05, 4.69) is 15.6 Å². The molecule has 0 atom stereocenters. The SMILES string of the molecule is CCNC(=NCCNC(=O)c1ccco1)N(C)Cc1cccc(Cl)c1.I. The van der Waals surface area contributed by atoms with Crippen molar-refractivity contribution in [1.82, 2.24) is 15.5 Å². The predicted molar refractivity (Wildman–Crippen MR) is 115 cm³/mol. The summed E-state index contributed by atoms with van der Waals surface area (Å²) >= 11 is 6.03. The fraction of sp³-hybridized carbons (Fsp3) is 0.333. The number of hydrogen-bond acceptors (Lipinski definition) is 3. The first kappa shape index (κ1) is 22.3. The number of rotatable bonds is 7. The molecular formula is C18H24ClIN4O2. The van der Waals surface area contributed by atoms with Crippen molar-refractivity contribution in [2.45, 2.75) is 13.5 Å². The molecule has 0 spiro atoms. The van der Waals surface area contributed by atoms with Crippen LogP contribution in [0.2, 0.25) is 5.02 Å². The van der Waals surface area contributed by atoms with Crippen molar-refractivity contribution < 1.29 is 9.21 Å². The van der Waals surface area contributed by atoms with E-state index in [-0.39, 0.29) is 29.9 Å². The summed E-state index contributed by atoms with van der Waals surface area (Å²) in [5, 5.41) is 6.74. The first-order valence-electron chi connectivity index (χ1n) is 8.15. The van der Waals surface area contributed by atoms with Gasteiger partial charge in [-0.25, -0.2) is 0 Å². The summed E-state index contributed by atoms with van der Waals surface area (Å²) < 4.78 is 5.05. The smallest absolute Gasteiger partial charge is 0.287 e. The number of aliphatic imine (C=N–C) groups is 1. The lowest BCUT2D eigenvalue weighted by Crippen LogP contribution is -2.39. The maximum atomic E-state index is 11.8. The van der Waals surface area contributed by atoms with Gasteiger partial charge < -0.3 is 20.0 Å². The molecule has 0 radical (unpaired) electrons. The van der Waals surface area contributed by atoms with Crippen molar-refractivity contribution in [3.05, 3.63) is 59.0 Å². The number of carbonyl (C=O) groups excluding carboxylic acids is 1. The summed E-state index contributed by atoms with van der Waals surface area (Å²) in [4.78, 5) is 18.3. The van der Waals surface area contributed by atoms with Crippen LogP contribution in [-0.4, -0.2) is 43.4 Å². The third kappa shape index (κ3) is 7.25. The van der Waals surface area contributed by atoms with Crippen LogP contribution < -0.4 is 10.6 Å². The van der Waals surface area contributed by atoms with E-state index in [9.17, 15) is 4.79 Å². The Balaban J connectivity index is 0.00000338. The molecule has 2 rings (SSSR count). The average molecular weight is 491 g/mol. The maximum Gasteiger partial charge on any atom is 0.287 e. The van der Waals surface area contributed by atoms with Crippen molar-refractivity contribution in [2.24, 2.45) is 4.99 Å². The van der Waals surface area contributed by atoms with E-state index in [0.29, 0.717) is 30.4 Å². The van der Waals surface area contributed by atoms with Gasteiger partial charge in [-0.15, -0.1) is 24.0 Å². The topological polar surface area (TPSA) is 69.9 Å². The molecule has 26 heavy (non-hydrogen) atoms. The lowest BCUT2D eigenvalue weighted by atomic mass is 10.2. The van der Waals surface area contributed by atoms with Gasteiger partial charge in [-0.3, -0.25) is 9.79 Å². The van der Waals surface area contributed by atoms with E-state index in [0.717, 1.165) is 18.1 Å². The second-order valence-electron chi connectivity index (χ2n) is 5.45. The molecule has 1 aromatic carbocycles. The molecule has 0 bridgehead atoms. The third-order valence-corrected chi connectivity index (χ3v) is 3.64. The van der Waals surface area contributed by atoms with Gasteiger partial charge in [0.15, 0.2) is 11.7 Å². The van der Waals surface area contributed by atoms with Gasteiger partial charge in [0, 0.05) is 31.7 Å².